The fourth-order valence-electron chi connectivity index (χ4n) is 4.12. The first-order valence-corrected chi connectivity index (χ1v) is 12.3. The van der Waals surface area contributed by atoms with Crippen LogP contribution < -0.4 is 16.4 Å². The largest absolute Gasteiger partial charge is 0.452 e. The van der Waals surface area contributed by atoms with Gasteiger partial charge < -0.3 is 16.2 Å². The molecule has 0 aliphatic heterocycles. The molecule has 0 aliphatic carbocycles. The number of fused-ring (bicyclic) bond motifs is 1. The molecular formula is C26H21BrF2N8O2. The zero-order chi connectivity index (χ0) is 27.7. The van der Waals surface area contributed by atoms with Gasteiger partial charge in [-0.2, -0.15) is 19.7 Å². The van der Waals surface area contributed by atoms with Crippen LogP contribution >= 0.6 is 15.9 Å². The zero-order valence-electron chi connectivity index (χ0n) is 20.5. The Bertz CT molecular complexity index is 1690. The summed E-state index contributed by atoms with van der Waals surface area (Å²) >= 11 is 3.46. The molecule has 3 heterocycles. The number of rotatable bonds is 6. The summed E-state index contributed by atoms with van der Waals surface area (Å²) in [5.74, 6) is -1.40. The summed E-state index contributed by atoms with van der Waals surface area (Å²) < 4.78 is 35.5. The summed E-state index contributed by atoms with van der Waals surface area (Å²) in [5.41, 5.74) is 14.7. The molecule has 0 spiro atoms. The van der Waals surface area contributed by atoms with Gasteiger partial charge in [-0.25, -0.2) is 18.6 Å². The smallest absolute Gasteiger partial charge is 0.414 e. The Morgan fingerprint density at radius 3 is 2.38 bits per heavy atom. The molecule has 4 N–H and O–H groups in total. The average molecular weight is 595 g/mol. The van der Waals surface area contributed by atoms with Crippen LogP contribution in [0.4, 0.5) is 30.9 Å². The van der Waals surface area contributed by atoms with Crippen molar-refractivity contribution >= 4 is 50.4 Å². The number of nitrogen functional groups attached to an aromatic ring is 2. The number of hydrogen-bond donors (Lipinski definition) is 2. The lowest BCUT2D eigenvalue weighted by atomic mass is 10.1. The number of benzene rings is 2. The molecule has 5 rings (SSSR count). The molecule has 13 heteroatoms. The minimum absolute atomic E-state index is 0.0358. The summed E-state index contributed by atoms with van der Waals surface area (Å²) in [4.78, 5) is 26.7. The van der Waals surface area contributed by atoms with Crippen molar-refractivity contribution in [3.63, 3.8) is 0 Å². The predicted octanol–water partition coefficient (Wildman–Crippen LogP) is 4.78. The van der Waals surface area contributed by atoms with Crippen molar-refractivity contribution < 1.29 is 18.3 Å². The van der Waals surface area contributed by atoms with Crippen molar-refractivity contribution in [1.29, 1.82) is 0 Å². The lowest BCUT2D eigenvalue weighted by molar-refractivity contribution is 0.178. The predicted molar refractivity (Wildman–Crippen MR) is 145 cm³/mol. The van der Waals surface area contributed by atoms with E-state index in [2.05, 4.69) is 36.0 Å². The highest BCUT2D eigenvalue weighted by Crippen LogP contribution is 2.32. The molecule has 1 amide bonds. The van der Waals surface area contributed by atoms with Gasteiger partial charge in [-0.1, -0.05) is 52.3 Å². The molecule has 0 radical (unpaired) electrons. The van der Waals surface area contributed by atoms with Crippen molar-refractivity contribution in [3.05, 3.63) is 93.7 Å². The van der Waals surface area contributed by atoms with Gasteiger partial charge in [0.25, 0.3) is 5.95 Å². The molecule has 39 heavy (non-hydrogen) atoms. The Morgan fingerprint density at radius 2 is 1.72 bits per heavy atom. The van der Waals surface area contributed by atoms with Gasteiger partial charge in [0.1, 0.15) is 22.8 Å². The van der Waals surface area contributed by atoms with E-state index in [1.165, 1.54) is 28.8 Å². The molecule has 0 bridgehead atoms. The second-order valence-corrected chi connectivity index (χ2v) is 9.29. The Labute approximate surface area is 229 Å². The summed E-state index contributed by atoms with van der Waals surface area (Å²) in [6, 6.07) is 14.7. The fourth-order valence-corrected chi connectivity index (χ4v) is 4.53. The van der Waals surface area contributed by atoms with E-state index in [9.17, 15) is 13.6 Å². The molecule has 198 valence electrons. The van der Waals surface area contributed by atoms with Crippen LogP contribution in [0.15, 0.2) is 65.3 Å². The fraction of sp³-hybridized carbons (Fsp3) is 0.115. The number of ether oxygens (including phenoxy) is 1. The molecule has 3 aromatic heterocycles. The minimum Gasteiger partial charge on any atom is -0.452 e. The number of methoxy groups -OCH3 is 1. The van der Waals surface area contributed by atoms with Crippen LogP contribution in [0.3, 0.4) is 0 Å². The molecule has 0 unspecified atom stereocenters. The van der Waals surface area contributed by atoms with Gasteiger partial charge >= 0.3 is 6.09 Å². The number of aromatic nitrogens is 5. The van der Waals surface area contributed by atoms with E-state index < -0.39 is 17.7 Å². The van der Waals surface area contributed by atoms with Crippen LogP contribution in [-0.4, -0.2) is 37.9 Å². The number of nitrogens with zero attached hydrogens (tertiary/aromatic N) is 6. The molecule has 5 aromatic rings. The van der Waals surface area contributed by atoms with Gasteiger partial charge in [0.05, 0.1) is 31.1 Å². The van der Waals surface area contributed by atoms with E-state index in [1.807, 2.05) is 24.3 Å². The van der Waals surface area contributed by atoms with Gasteiger partial charge in [-0.15, -0.1) is 0 Å². The maximum atomic E-state index is 14.4. The second-order valence-electron chi connectivity index (χ2n) is 8.44. The quantitative estimate of drug-likeness (QED) is 0.286. The molecule has 10 nitrogen and oxygen atoms in total. The standard InChI is InChI=1S/C26H21BrF2N8O2/c1-39-26(38)36(13-15-7-2-4-8-17(15)27)22-23(30)33-25(34-24(22)31)37-20-11-16(28)12-32-21(20)19(35-37)10-14-6-3-5-9-18(14)29/h2-9,11-12H,10,13H2,1H3,(H4,30,31,33,34). The molecule has 0 atom stereocenters. The van der Waals surface area contributed by atoms with E-state index in [-0.39, 0.29) is 41.8 Å². The number of pyridine rings is 1. The summed E-state index contributed by atoms with van der Waals surface area (Å²) in [6.07, 6.45) is 0.394. The summed E-state index contributed by atoms with van der Waals surface area (Å²) in [7, 11) is 1.23. The second kappa shape index (κ2) is 10.6. The van der Waals surface area contributed by atoms with Crippen LogP contribution in [0.2, 0.25) is 0 Å². The molecule has 0 aliphatic rings. The first-order valence-electron chi connectivity index (χ1n) is 11.6. The van der Waals surface area contributed by atoms with E-state index in [4.69, 9.17) is 16.2 Å². The summed E-state index contributed by atoms with van der Waals surface area (Å²) in [6.45, 7) is 0.0534. The summed E-state index contributed by atoms with van der Waals surface area (Å²) in [5, 5.41) is 4.50. The van der Waals surface area contributed by atoms with Crippen molar-refractivity contribution in [2.45, 2.75) is 13.0 Å². The Balaban J connectivity index is 1.60. The third-order valence-corrected chi connectivity index (χ3v) is 6.71. The molecule has 2 aromatic carbocycles. The third kappa shape index (κ3) is 5.08. The lowest BCUT2D eigenvalue weighted by Gasteiger charge is -2.24. The van der Waals surface area contributed by atoms with Crippen molar-refractivity contribution in [1.82, 2.24) is 24.7 Å². The highest BCUT2D eigenvalue weighted by molar-refractivity contribution is 9.10. The van der Waals surface area contributed by atoms with Gasteiger partial charge in [0.15, 0.2) is 11.6 Å². The topological polar surface area (TPSA) is 138 Å². The maximum Gasteiger partial charge on any atom is 0.414 e. The maximum absolute atomic E-state index is 14.4. The first-order chi connectivity index (χ1) is 18.8. The highest BCUT2D eigenvalue weighted by Gasteiger charge is 2.26. The number of hydrogen-bond acceptors (Lipinski definition) is 8. The molecule has 0 saturated carbocycles. The van der Waals surface area contributed by atoms with Crippen LogP contribution in [0.25, 0.3) is 17.0 Å². The molecular weight excluding hydrogens is 574 g/mol. The lowest BCUT2D eigenvalue weighted by Crippen LogP contribution is -2.32. The zero-order valence-corrected chi connectivity index (χ0v) is 22.1. The number of nitrogens with two attached hydrogens (primary N) is 2. The average Bonchev–Trinajstić information content (AvgIpc) is 3.26. The van der Waals surface area contributed by atoms with E-state index in [0.29, 0.717) is 16.8 Å². The van der Waals surface area contributed by atoms with Crippen LogP contribution in [0.5, 0.6) is 0 Å². The van der Waals surface area contributed by atoms with E-state index in [0.717, 1.165) is 16.2 Å². The number of amides is 1. The Kier molecular flexibility index (Phi) is 7.07. The van der Waals surface area contributed by atoms with Gasteiger partial charge in [-0.3, -0.25) is 4.90 Å². The third-order valence-electron chi connectivity index (χ3n) is 5.94. The van der Waals surface area contributed by atoms with Crippen molar-refractivity contribution in [2.75, 3.05) is 23.5 Å². The molecule has 0 fully saturated rings. The van der Waals surface area contributed by atoms with Crippen LogP contribution in [0.1, 0.15) is 16.8 Å². The van der Waals surface area contributed by atoms with Crippen LogP contribution in [0, 0.1) is 11.6 Å². The number of carbonyl (C=O) groups is 1. The Morgan fingerprint density at radius 1 is 1.05 bits per heavy atom. The van der Waals surface area contributed by atoms with Crippen molar-refractivity contribution in [3.8, 4) is 5.95 Å². The SMILES string of the molecule is COC(=O)N(Cc1ccccc1Br)c1c(N)nc(-n2nc(Cc3ccccc3F)c3ncc(F)cc32)nc1N. The van der Waals surface area contributed by atoms with Gasteiger partial charge in [0.2, 0.25) is 0 Å². The van der Waals surface area contributed by atoms with E-state index >= 15 is 0 Å². The van der Waals surface area contributed by atoms with Gasteiger partial charge in [-0.05, 0) is 23.3 Å². The Hall–Kier alpha value is -4.65. The first kappa shape index (κ1) is 26.0. The number of anilines is 3. The van der Waals surface area contributed by atoms with Crippen molar-refractivity contribution in [2.24, 2.45) is 0 Å². The van der Waals surface area contributed by atoms with Crippen LogP contribution in [-0.2, 0) is 17.7 Å². The van der Waals surface area contributed by atoms with Gasteiger partial charge in [0, 0.05) is 17.0 Å². The number of halogens is 3. The molecule has 0 saturated heterocycles. The monoisotopic (exact) mass is 594 g/mol. The highest BCUT2D eigenvalue weighted by atomic mass is 79.9. The number of carbonyl (C=O) groups excluding carboxylic acids is 1. The van der Waals surface area contributed by atoms with E-state index in [1.54, 1.807) is 18.2 Å². The normalized spacial score (nSPS) is 11.1. The minimum atomic E-state index is -0.733.